The number of benzene rings is 1. The zero-order chi connectivity index (χ0) is 13.1. The molecule has 96 valence electrons. The molecule has 0 radical (unpaired) electrons. The molecule has 0 aliphatic carbocycles. The SMILES string of the molecule is O=C(C=Cc1ccc(F)c(Cl)c1)N1CC[C@H](O)C1. The van der Waals surface area contributed by atoms with E-state index in [0.29, 0.717) is 25.1 Å². The predicted molar refractivity (Wildman–Crippen MR) is 67.6 cm³/mol. The van der Waals surface area contributed by atoms with E-state index in [1.165, 1.54) is 18.2 Å². The van der Waals surface area contributed by atoms with Crippen molar-refractivity contribution < 1.29 is 14.3 Å². The maximum absolute atomic E-state index is 12.9. The zero-order valence-electron chi connectivity index (χ0n) is 9.64. The van der Waals surface area contributed by atoms with E-state index >= 15 is 0 Å². The summed E-state index contributed by atoms with van der Waals surface area (Å²) < 4.78 is 12.9. The van der Waals surface area contributed by atoms with Crippen molar-refractivity contribution in [2.24, 2.45) is 0 Å². The highest BCUT2D eigenvalue weighted by molar-refractivity contribution is 6.30. The highest BCUT2D eigenvalue weighted by atomic mass is 35.5. The van der Waals surface area contributed by atoms with Crippen LogP contribution >= 0.6 is 11.6 Å². The first kappa shape index (κ1) is 13.1. The van der Waals surface area contributed by atoms with E-state index in [2.05, 4.69) is 0 Å². The number of rotatable bonds is 2. The third-order valence-electron chi connectivity index (χ3n) is 2.84. The fraction of sp³-hybridized carbons (Fsp3) is 0.308. The summed E-state index contributed by atoms with van der Waals surface area (Å²) in [4.78, 5) is 13.3. The molecule has 1 saturated heterocycles. The second kappa shape index (κ2) is 5.50. The van der Waals surface area contributed by atoms with Crippen LogP contribution in [0.1, 0.15) is 12.0 Å². The number of aliphatic hydroxyl groups excluding tert-OH is 1. The third-order valence-corrected chi connectivity index (χ3v) is 3.13. The highest BCUT2D eigenvalue weighted by Crippen LogP contribution is 2.17. The molecular formula is C13H13ClFNO2. The first-order valence-electron chi connectivity index (χ1n) is 5.66. The van der Waals surface area contributed by atoms with Crippen molar-refractivity contribution >= 4 is 23.6 Å². The van der Waals surface area contributed by atoms with Crippen molar-refractivity contribution in [2.45, 2.75) is 12.5 Å². The first-order chi connectivity index (χ1) is 8.56. The lowest BCUT2D eigenvalue weighted by Crippen LogP contribution is -2.27. The molecule has 1 heterocycles. The van der Waals surface area contributed by atoms with Gasteiger partial charge in [-0.25, -0.2) is 4.39 Å². The number of hydrogen-bond acceptors (Lipinski definition) is 2. The summed E-state index contributed by atoms with van der Waals surface area (Å²) >= 11 is 5.64. The highest BCUT2D eigenvalue weighted by Gasteiger charge is 2.22. The molecule has 0 bridgehead atoms. The summed E-state index contributed by atoms with van der Waals surface area (Å²) in [5, 5.41) is 9.35. The lowest BCUT2D eigenvalue weighted by atomic mass is 10.2. The molecule has 0 aromatic heterocycles. The Morgan fingerprint density at radius 3 is 2.94 bits per heavy atom. The van der Waals surface area contributed by atoms with E-state index in [1.807, 2.05) is 0 Å². The molecular weight excluding hydrogens is 257 g/mol. The Morgan fingerprint density at radius 1 is 1.56 bits per heavy atom. The fourth-order valence-electron chi connectivity index (χ4n) is 1.83. The van der Waals surface area contributed by atoms with Gasteiger partial charge in [0.1, 0.15) is 5.82 Å². The average Bonchev–Trinajstić information content (AvgIpc) is 2.77. The van der Waals surface area contributed by atoms with Crippen LogP contribution in [0.5, 0.6) is 0 Å². The van der Waals surface area contributed by atoms with Crippen LogP contribution in [0.2, 0.25) is 5.02 Å². The van der Waals surface area contributed by atoms with Crippen LogP contribution in [0, 0.1) is 5.82 Å². The number of carbonyl (C=O) groups excluding carboxylic acids is 1. The minimum absolute atomic E-state index is 0.0289. The maximum Gasteiger partial charge on any atom is 0.246 e. The summed E-state index contributed by atoms with van der Waals surface area (Å²) in [6, 6.07) is 4.26. The molecule has 0 saturated carbocycles. The summed E-state index contributed by atoms with van der Waals surface area (Å²) in [5.74, 6) is -0.644. The molecule has 1 aliphatic rings. The number of likely N-dealkylation sites (tertiary alicyclic amines) is 1. The second-order valence-electron chi connectivity index (χ2n) is 4.23. The van der Waals surface area contributed by atoms with E-state index in [-0.39, 0.29) is 10.9 Å². The Morgan fingerprint density at radius 2 is 2.33 bits per heavy atom. The van der Waals surface area contributed by atoms with E-state index < -0.39 is 11.9 Å². The van der Waals surface area contributed by atoms with E-state index in [0.717, 1.165) is 0 Å². The molecule has 1 aromatic rings. The van der Waals surface area contributed by atoms with Crippen LogP contribution in [0.25, 0.3) is 6.08 Å². The molecule has 5 heteroatoms. The van der Waals surface area contributed by atoms with Crippen molar-refractivity contribution in [3.63, 3.8) is 0 Å². The number of β-amino-alcohol motifs (C(OH)–C–C–N with tert-alkyl or cyclic N) is 1. The lowest BCUT2D eigenvalue weighted by molar-refractivity contribution is -0.125. The Hall–Kier alpha value is -1.39. The third kappa shape index (κ3) is 3.09. The summed E-state index contributed by atoms with van der Waals surface area (Å²) in [6.07, 6.45) is 3.17. The lowest BCUT2D eigenvalue weighted by Gasteiger charge is -2.12. The smallest absolute Gasteiger partial charge is 0.246 e. The van der Waals surface area contributed by atoms with Crippen molar-refractivity contribution in [3.05, 3.63) is 40.7 Å². The monoisotopic (exact) mass is 269 g/mol. The molecule has 1 amide bonds. The van der Waals surface area contributed by atoms with E-state index in [1.54, 1.807) is 17.0 Å². The minimum Gasteiger partial charge on any atom is -0.391 e. The molecule has 1 atom stereocenters. The molecule has 18 heavy (non-hydrogen) atoms. The predicted octanol–water partition coefficient (Wildman–Crippen LogP) is 2.09. The van der Waals surface area contributed by atoms with E-state index in [4.69, 9.17) is 11.6 Å². The molecule has 1 fully saturated rings. The van der Waals surface area contributed by atoms with Crippen LogP contribution in [-0.2, 0) is 4.79 Å². The minimum atomic E-state index is -0.484. The fourth-order valence-corrected chi connectivity index (χ4v) is 2.02. The van der Waals surface area contributed by atoms with Gasteiger partial charge in [0.05, 0.1) is 11.1 Å². The standard InChI is InChI=1S/C13H13ClFNO2/c14-11-7-9(1-3-12(11)15)2-4-13(18)16-6-5-10(17)8-16/h1-4,7,10,17H,5-6,8H2/t10-/m0/s1. The number of carbonyl (C=O) groups is 1. The van der Waals surface area contributed by atoms with Crippen LogP contribution in [0.15, 0.2) is 24.3 Å². The number of amides is 1. The van der Waals surface area contributed by atoms with Gasteiger partial charge in [0.25, 0.3) is 0 Å². The number of nitrogens with zero attached hydrogens (tertiary/aromatic N) is 1. The molecule has 1 aromatic carbocycles. The van der Waals surface area contributed by atoms with Crippen molar-refractivity contribution in [2.75, 3.05) is 13.1 Å². The number of halogens is 2. The number of aliphatic hydroxyl groups is 1. The second-order valence-corrected chi connectivity index (χ2v) is 4.64. The van der Waals surface area contributed by atoms with Crippen LogP contribution < -0.4 is 0 Å². The Kier molecular flexibility index (Phi) is 3.99. The summed E-state index contributed by atoms with van der Waals surface area (Å²) in [6.45, 7) is 0.932. The maximum atomic E-state index is 12.9. The Bertz CT molecular complexity index is 490. The summed E-state index contributed by atoms with van der Waals surface area (Å²) in [5.41, 5.74) is 0.662. The van der Waals surface area contributed by atoms with Gasteiger partial charge in [0.15, 0.2) is 0 Å². The van der Waals surface area contributed by atoms with Crippen LogP contribution in [0.4, 0.5) is 4.39 Å². The van der Waals surface area contributed by atoms with Crippen molar-refractivity contribution in [3.8, 4) is 0 Å². The molecule has 1 aliphatic heterocycles. The van der Waals surface area contributed by atoms with Crippen molar-refractivity contribution in [1.82, 2.24) is 4.90 Å². The zero-order valence-corrected chi connectivity index (χ0v) is 10.4. The first-order valence-corrected chi connectivity index (χ1v) is 6.04. The molecule has 0 unspecified atom stereocenters. The van der Waals surface area contributed by atoms with Crippen molar-refractivity contribution in [1.29, 1.82) is 0 Å². The van der Waals surface area contributed by atoms with Gasteiger partial charge in [0.2, 0.25) is 5.91 Å². The van der Waals surface area contributed by atoms with Gasteiger partial charge in [-0.1, -0.05) is 17.7 Å². The number of hydrogen-bond donors (Lipinski definition) is 1. The van der Waals surface area contributed by atoms with Gasteiger partial charge in [0, 0.05) is 19.2 Å². The van der Waals surface area contributed by atoms with Crippen LogP contribution in [0.3, 0.4) is 0 Å². The van der Waals surface area contributed by atoms with Gasteiger partial charge < -0.3 is 10.0 Å². The van der Waals surface area contributed by atoms with E-state index in [9.17, 15) is 14.3 Å². The van der Waals surface area contributed by atoms with Gasteiger partial charge in [-0.05, 0) is 30.2 Å². The summed E-state index contributed by atoms with van der Waals surface area (Å²) in [7, 11) is 0. The van der Waals surface area contributed by atoms with Gasteiger partial charge in [-0.3, -0.25) is 4.79 Å². The molecule has 1 N–H and O–H groups in total. The topological polar surface area (TPSA) is 40.5 Å². The van der Waals surface area contributed by atoms with Gasteiger partial charge in [-0.2, -0.15) is 0 Å². The molecule has 0 spiro atoms. The van der Waals surface area contributed by atoms with Gasteiger partial charge >= 0.3 is 0 Å². The van der Waals surface area contributed by atoms with Crippen LogP contribution in [-0.4, -0.2) is 35.1 Å². The Balaban J connectivity index is 2.02. The normalized spacial score (nSPS) is 19.7. The quantitative estimate of drug-likeness (QED) is 0.835. The molecule has 2 rings (SSSR count). The largest absolute Gasteiger partial charge is 0.391 e. The molecule has 3 nitrogen and oxygen atoms in total. The average molecular weight is 270 g/mol. The Labute approximate surface area is 109 Å². The van der Waals surface area contributed by atoms with Gasteiger partial charge in [-0.15, -0.1) is 0 Å².